The number of hydrogen-bond donors (Lipinski definition) is 1. The molecule has 1 fully saturated rings. The van der Waals surface area contributed by atoms with Crippen LogP contribution in [0.5, 0.6) is 0 Å². The molecular weight excluding hydrogens is 260 g/mol. The Balaban J connectivity index is 2.61. The van der Waals surface area contributed by atoms with E-state index in [1.807, 2.05) is 0 Å². The van der Waals surface area contributed by atoms with Crippen LogP contribution in [0.4, 0.5) is 0 Å². The topological polar surface area (TPSA) is 49.4 Å². The minimum atomic E-state index is -3.02. The minimum Gasteiger partial charge on any atom is -0.311 e. The van der Waals surface area contributed by atoms with Gasteiger partial charge in [0.15, 0.2) is 9.84 Å². The summed E-state index contributed by atoms with van der Waals surface area (Å²) in [4.78, 5) is 2.31. The first-order valence-corrected chi connectivity index (χ1v) is 8.89. The van der Waals surface area contributed by atoms with Gasteiger partial charge in [-0.25, -0.2) is 8.42 Å². The Bertz CT molecular complexity index is 385. The largest absolute Gasteiger partial charge is 0.311 e. The van der Waals surface area contributed by atoms with Crippen LogP contribution >= 0.6 is 0 Å². The zero-order chi connectivity index (χ0) is 14.8. The van der Waals surface area contributed by atoms with Crippen LogP contribution in [0.3, 0.4) is 0 Å². The maximum atomic E-state index is 12.2. The van der Waals surface area contributed by atoms with E-state index in [1.165, 1.54) is 0 Å². The van der Waals surface area contributed by atoms with E-state index in [0.717, 1.165) is 13.1 Å². The lowest BCUT2D eigenvalue weighted by Crippen LogP contribution is -2.58. The molecule has 1 N–H and O–H groups in total. The number of sulfone groups is 1. The first-order valence-electron chi connectivity index (χ1n) is 7.24. The van der Waals surface area contributed by atoms with Gasteiger partial charge in [-0.15, -0.1) is 0 Å². The van der Waals surface area contributed by atoms with Crippen molar-refractivity contribution in [3.63, 3.8) is 0 Å². The molecule has 5 heteroatoms. The van der Waals surface area contributed by atoms with E-state index in [0.29, 0.717) is 24.5 Å². The van der Waals surface area contributed by atoms with Crippen molar-refractivity contribution >= 4 is 9.84 Å². The summed E-state index contributed by atoms with van der Waals surface area (Å²) in [6.45, 7) is 14.4. The maximum Gasteiger partial charge on any atom is 0.156 e. The fourth-order valence-electron chi connectivity index (χ4n) is 2.25. The van der Waals surface area contributed by atoms with Gasteiger partial charge in [0, 0.05) is 31.7 Å². The highest BCUT2D eigenvalue weighted by molar-refractivity contribution is 7.92. The van der Waals surface area contributed by atoms with Crippen LogP contribution < -0.4 is 5.32 Å². The highest BCUT2D eigenvalue weighted by Crippen LogP contribution is 2.18. The van der Waals surface area contributed by atoms with Crippen molar-refractivity contribution in [1.29, 1.82) is 0 Å². The Labute approximate surface area is 118 Å². The van der Waals surface area contributed by atoms with Crippen molar-refractivity contribution in [2.75, 3.05) is 25.4 Å². The molecule has 0 aliphatic carbocycles. The van der Waals surface area contributed by atoms with Gasteiger partial charge in [0.25, 0.3) is 0 Å². The van der Waals surface area contributed by atoms with E-state index in [4.69, 9.17) is 0 Å². The van der Waals surface area contributed by atoms with Gasteiger partial charge in [-0.2, -0.15) is 0 Å². The molecule has 19 heavy (non-hydrogen) atoms. The van der Waals surface area contributed by atoms with Crippen LogP contribution in [0.25, 0.3) is 0 Å². The fraction of sp³-hybridized carbons (Fsp3) is 1.00. The molecule has 114 valence electrons. The number of nitrogens with one attached hydrogen (secondary N) is 1. The predicted molar refractivity (Wildman–Crippen MR) is 81.2 cm³/mol. The second kappa shape index (κ2) is 6.10. The van der Waals surface area contributed by atoms with Crippen LogP contribution in [0, 0.1) is 5.92 Å². The maximum absolute atomic E-state index is 12.2. The summed E-state index contributed by atoms with van der Waals surface area (Å²) in [5, 5.41) is 3.53. The second-order valence-corrected chi connectivity index (χ2v) is 9.90. The summed E-state index contributed by atoms with van der Waals surface area (Å²) < 4.78 is 23.7. The van der Waals surface area contributed by atoms with Crippen LogP contribution in [0.1, 0.15) is 41.5 Å². The Morgan fingerprint density at radius 3 is 2.37 bits per heavy atom. The zero-order valence-corrected chi connectivity index (χ0v) is 14.0. The number of nitrogens with zero attached hydrogens (tertiary/aromatic N) is 1. The van der Waals surface area contributed by atoms with Crippen molar-refractivity contribution in [3.05, 3.63) is 0 Å². The van der Waals surface area contributed by atoms with Crippen LogP contribution in [0.2, 0.25) is 0 Å². The molecule has 0 aromatic carbocycles. The Morgan fingerprint density at radius 2 is 1.89 bits per heavy atom. The summed E-state index contributed by atoms with van der Waals surface area (Å²) in [5.41, 5.74) is 0. The number of rotatable bonds is 4. The molecule has 1 heterocycles. The van der Waals surface area contributed by atoms with Gasteiger partial charge in [-0.1, -0.05) is 13.8 Å². The highest BCUT2D eigenvalue weighted by Gasteiger charge is 2.32. The van der Waals surface area contributed by atoms with Crippen LogP contribution in [-0.4, -0.2) is 55.5 Å². The smallest absolute Gasteiger partial charge is 0.156 e. The molecule has 0 saturated carbocycles. The number of hydrogen-bond acceptors (Lipinski definition) is 4. The van der Waals surface area contributed by atoms with Gasteiger partial charge in [0.2, 0.25) is 0 Å². The average molecular weight is 290 g/mol. The first-order chi connectivity index (χ1) is 8.54. The van der Waals surface area contributed by atoms with Crippen LogP contribution in [0.15, 0.2) is 0 Å². The standard InChI is InChI=1S/C14H30N2O2S/c1-11(2)13-10-16(12(3)9-15-13)7-8-19(17,18)14(4,5)6/h11-13,15H,7-10H2,1-6H3. The molecule has 0 amide bonds. The molecular formula is C14H30N2O2S. The molecule has 0 aromatic heterocycles. The van der Waals surface area contributed by atoms with E-state index in [2.05, 4.69) is 31.0 Å². The van der Waals surface area contributed by atoms with Gasteiger partial charge in [0.05, 0.1) is 10.5 Å². The monoisotopic (exact) mass is 290 g/mol. The van der Waals surface area contributed by atoms with Crippen LogP contribution in [-0.2, 0) is 9.84 Å². The summed E-state index contributed by atoms with van der Waals surface area (Å²) in [6, 6.07) is 0.874. The quantitative estimate of drug-likeness (QED) is 0.853. The van der Waals surface area contributed by atoms with Gasteiger partial charge < -0.3 is 5.32 Å². The van der Waals surface area contributed by atoms with Crippen molar-refractivity contribution in [2.24, 2.45) is 5.92 Å². The third-order valence-corrected chi connectivity index (χ3v) is 6.70. The molecule has 2 unspecified atom stereocenters. The lowest BCUT2D eigenvalue weighted by atomic mass is 10.00. The van der Waals surface area contributed by atoms with E-state index in [1.54, 1.807) is 20.8 Å². The molecule has 1 aliphatic heterocycles. The van der Waals surface area contributed by atoms with Gasteiger partial charge in [0.1, 0.15) is 0 Å². The molecule has 0 bridgehead atoms. The SMILES string of the molecule is CC(C)C1CN(CCS(=O)(=O)C(C)(C)C)C(C)CN1. The van der Waals surface area contributed by atoms with Gasteiger partial charge in [-0.3, -0.25) is 4.90 Å². The van der Waals surface area contributed by atoms with Crippen molar-refractivity contribution in [1.82, 2.24) is 10.2 Å². The lowest BCUT2D eigenvalue weighted by molar-refractivity contribution is 0.130. The second-order valence-electron chi connectivity index (χ2n) is 7.03. The molecule has 1 saturated heterocycles. The third kappa shape index (κ3) is 4.43. The van der Waals surface area contributed by atoms with Crippen molar-refractivity contribution in [3.8, 4) is 0 Å². The summed E-state index contributed by atoms with van der Waals surface area (Å²) in [5.74, 6) is 0.834. The molecule has 4 nitrogen and oxygen atoms in total. The zero-order valence-electron chi connectivity index (χ0n) is 13.2. The van der Waals surface area contributed by atoms with E-state index >= 15 is 0 Å². The average Bonchev–Trinajstić information content (AvgIpc) is 2.26. The van der Waals surface area contributed by atoms with Crippen molar-refractivity contribution < 1.29 is 8.42 Å². The molecule has 0 aromatic rings. The molecule has 0 radical (unpaired) electrons. The third-order valence-electron chi connectivity index (χ3n) is 4.11. The normalized spacial score (nSPS) is 26.9. The van der Waals surface area contributed by atoms with Gasteiger partial charge >= 0.3 is 0 Å². The Morgan fingerprint density at radius 1 is 1.32 bits per heavy atom. The van der Waals surface area contributed by atoms with E-state index in [9.17, 15) is 8.42 Å². The summed E-state index contributed by atoms with van der Waals surface area (Å²) in [7, 11) is -3.02. The summed E-state index contributed by atoms with van der Waals surface area (Å²) >= 11 is 0. The predicted octanol–water partition coefficient (Wildman–Crippen LogP) is 1.52. The van der Waals surface area contributed by atoms with E-state index in [-0.39, 0.29) is 5.75 Å². The molecule has 2 atom stereocenters. The fourth-order valence-corrected chi connectivity index (χ4v) is 3.34. The minimum absolute atomic E-state index is 0.256. The van der Waals surface area contributed by atoms with Gasteiger partial charge in [-0.05, 0) is 33.6 Å². The summed E-state index contributed by atoms with van der Waals surface area (Å²) in [6.07, 6.45) is 0. The highest BCUT2D eigenvalue weighted by atomic mass is 32.2. The Hall–Kier alpha value is -0.130. The van der Waals surface area contributed by atoms with Crippen molar-refractivity contribution in [2.45, 2.75) is 58.4 Å². The molecule has 1 aliphatic rings. The number of piperazine rings is 1. The first kappa shape index (κ1) is 16.9. The molecule has 1 rings (SSSR count). The van der Waals surface area contributed by atoms with E-state index < -0.39 is 14.6 Å². The Kier molecular flexibility index (Phi) is 5.43. The lowest BCUT2D eigenvalue weighted by Gasteiger charge is -2.40. The molecule has 0 spiro atoms.